The lowest BCUT2D eigenvalue weighted by Crippen LogP contribution is -2.37. The zero-order valence-electron chi connectivity index (χ0n) is 18.4. The molecule has 0 saturated heterocycles. The molecule has 1 N–H and O–H groups in total. The Bertz CT molecular complexity index is 1440. The van der Waals surface area contributed by atoms with Gasteiger partial charge in [-0.3, -0.25) is 0 Å². The fourth-order valence-corrected chi connectivity index (χ4v) is 5.90. The van der Waals surface area contributed by atoms with Crippen molar-refractivity contribution in [2.45, 2.75) is 24.7 Å². The van der Waals surface area contributed by atoms with E-state index >= 15 is 0 Å². The number of benzene rings is 3. The fourth-order valence-electron chi connectivity index (χ4n) is 4.23. The Morgan fingerprint density at radius 3 is 2.47 bits per heavy atom. The molecule has 5 rings (SSSR count). The second-order valence-electron chi connectivity index (χ2n) is 8.10. The van der Waals surface area contributed by atoms with Crippen molar-refractivity contribution in [2.24, 2.45) is 0 Å². The highest BCUT2D eigenvalue weighted by atomic mass is 32.2. The van der Waals surface area contributed by atoms with E-state index in [-0.39, 0.29) is 23.5 Å². The molecule has 0 radical (unpaired) electrons. The van der Waals surface area contributed by atoms with Crippen LogP contribution in [0.5, 0.6) is 11.5 Å². The van der Waals surface area contributed by atoms with Crippen molar-refractivity contribution in [1.82, 2.24) is 0 Å². The van der Waals surface area contributed by atoms with Crippen LogP contribution in [0.15, 0.2) is 77.5 Å². The molecule has 3 aromatic carbocycles. The average Bonchev–Trinajstić information content (AvgIpc) is 3.27. The molecule has 0 bridgehead atoms. The minimum Gasteiger partial charge on any atom is -0.454 e. The molecular formula is C25H21NO7S. The van der Waals surface area contributed by atoms with Crippen molar-refractivity contribution in [1.29, 1.82) is 0 Å². The van der Waals surface area contributed by atoms with Crippen LogP contribution in [0, 0.1) is 0 Å². The van der Waals surface area contributed by atoms with Gasteiger partial charge in [0.2, 0.25) is 12.7 Å². The monoisotopic (exact) mass is 479 g/mol. The minimum atomic E-state index is -4.21. The van der Waals surface area contributed by atoms with Crippen LogP contribution in [0.4, 0.5) is 10.5 Å². The second-order valence-corrected chi connectivity index (χ2v) is 9.85. The van der Waals surface area contributed by atoms with Crippen LogP contribution in [0.3, 0.4) is 0 Å². The molecule has 0 aromatic heterocycles. The predicted molar refractivity (Wildman–Crippen MR) is 124 cm³/mol. The molecule has 0 atom stereocenters. The summed E-state index contributed by atoms with van der Waals surface area (Å²) in [5, 5.41) is 9.62. The number of carbonyl (C=O) groups is 1. The smallest absolute Gasteiger partial charge is 0.454 e. The second kappa shape index (κ2) is 8.11. The molecule has 2 aliphatic heterocycles. The van der Waals surface area contributed by atoms with Gasteiger partial charge in [-0.05, 0) is 41.3 Å². The molecule has 8 nitrogen and oxygen atoms in total. The van der Waals surface area contributed by atoms with Gasteiger partial charge in [-0.2, -0.15) is 0 Å². The van der Waals surface area contributed by atoms with E-state index < -0.39 is 16.2 Å². The van der Waals surface area contributed by atoms with Gasteiger partial charge < -0.3 is 19.3 Å². The van der Waals surface area contributed by atoms with Gasteiger partial charge in [-0.15, -0.1) is 0 Å². The number of para-hydroxylation sites is 1. The van der Waals surface area contributed by atoms with Crippen LogP contribution in [-0.2, 0) is 14.8 Å². The number of sulfonamides is 1. The summed E-state index contributed by atoms with van der Waals surface area (Å²) in [4.78, 5) is 11.9. The summed E-state index contributed by atoms with van der Waals surface area (Å²) >= 11 is 0. The van der Waals surface area contributed by atoms with Gasteiger partial charge in [0.15, 0.2) is 11.5 Å². The molecule has 174 valence electrons. The molecule has 0 amide bonds. The van der Waals surface area contributed by atoms with Gasteiger partial charge in [0, 0.05) is 5.56 Å². The normalized spacial score (nSPS) is 15.9. The van der Waals surface area contributed by atoms with Crippen molar-refractivity contribution >= 4 is 27.4 Å². The first kappa shape index (κ1) is 21.8. The van der Waals surface area contributed by atoms with E-state index in [9.17, 15) is 18.3 Å². The highest BCUT2D eigenvalue weighted by Crippen LogP contribution is 2.46. The van der Waals surface area contributed by atoms with Crippen LogP contribution in [0.2, 0.25) is 0 Å². The number of nitrogens with zero attached hydrogens (tertiary/aromatic N) is 1. The minimum absolute atomic E-state index is 0.0383. The SMILES string of the molecule is CC(C)c1ccccc1N1C(OC(=O)O)=C(c2ccc3c(c2)OCO3)c2ccccc2S1(=O)=O. The van der Waals surface area contributed by atoms with Crippen LogP contribution < -0.4 is 13.8 Å². The lowest BCUT2D eigenvalue weighted by atomic mass is 9.96. The topological polar surface area (TPSA) is 102 Å². The maximum absolute atomic E-state index is 13.9. The number of ether oxygens (including phenoxy) is 3. The van der Waals surface area contributed by atoms with Crippen molar-refractivity contribution in [2.75, 3.05) is 11.1 Å². The summed E-state index contributed by atoms with van der Waals surface area (Å²) in [6, 6.07) is 18.5. The highest BCUT2D eigenvalue weighted by molar-refractivity contribution is 7.93. The first-order chi connectivity index (χ1) is 16.3. The fraction of sp³-hybridized carbons (Fsp3) is 0.160. The third-order valence-corrected chi connectivity index (χ3v) is 7.45. The van der Waals surface area contributed by atoms with Crippen LogP contribution >= 0.6 is 0 Å². The Morgan fingerprint density at radius 2 is 1.71 bits per heavy atom. The summed E-state index contributed by atoms with van der Waals surface area (Å²) in [5.41, 5.74) is 2.21. The van der Waals surface area contributed by atoms with Gasteiger partial charge in [-0.1, -0.05) is 56.3 Å². The number of anilines is 1. The first-order valence-corrected chi connectivity index (χ1v) is 12.0. The molecule has 9 heteroatoms. The van der Waals surface area contributed by atoms with E-state index in [1.807, 2.05) is 26.0 Å². The highest BCUT2D eigenvalue weighted by Gasteiger charge is 2.41. The Kier molecular flexibility index (Phi) is 5.21. The summed E-state index contributed by atoms with van der Waals surface area (Å²) in [5.74, 6) is 0.658. The molecule has 34 heavy (non-hydrogen) atoms. The molecular weight excluding hydrogens is 458 g/mol. The number of carboxylic acid groups (broad SMARTS) is 1. The van der Waals surface area contributed by atoms with Crippen molar-refractivity contribution in [3.63, 3.8) is 0 Å². The van der Waals surface area contributed by atoms with E-state index in [0.29, 0.717) is 33.9 Å². The standard InChI is InChI=1S/C25H21NO7S/c1-15(2)17-7-3-5-9-19(17)26-24(33-25(27)28)23(16-11-12-20-21(13-16)32-14-31-20)18-8-4-6-10-22(18)34(26,29)30/h3-13,15H,14H2,1-2H3,(H,27,28). The molecule has 0 spiro atoms. The van der Waals surface area contributed by atoms with Crippen LogP contribution in [-0.4, -0.2) is 26.5 Å². The summed E-state index contributed by atoms with van der Waals surface area (Å²) in [6.07, 6.45) is -1.63. The number of hydrogen-bond donors (Lipinski definition) is 1. The zero-order valence-corrected chi connectivity index (χ0v) is 19.2. The van der Waals surface area contributed by atoms with Gasteiger partial charge in [0.05, 0.1) is 16.2 Å². The van der Waals surface area contributed by atoms with Crippen molar-refractivity contribution in [3.05, 3.63) is 89.3 Å². The van der Waals surface area contributed by atoms with E-state index in [0.717, 1.165) is 9.87 Å². The van der Waals surface area contributed by atoms with E-state index in [1.165, 1.54) is 6.07 Å². The molecule has 0 unspecified atom stereocenters. The third kappa shape index (κ3) is 3.45. The third-order valence-electron chi connectivity index (χ3n) is 5.70. The first-order valence-electron chi connectivity index (χ1n) is 10.6. The van der Waals surface area contributed by atoms with Crippen LogP contribution in [0.25, 0.3) is 5.57 Å². The Morgan fingerprint density at radius 1 is 1.00 bits per heavy atom. The Labute approximate surface area is 196 Å². The van der Waals surface area contributed by atoms with Gasteiger partial charge in [-0.25, -0.2) is 17.5 Å². The number of fused-ring (bicyclic) bond motifs is 2. The average molecular weight is 480 g/mol. The Hall–Kier alpha value is -3.98. The summed E-state index contributed by atoms with van der Waals surface area (Å²) < 4.78 is 44.9. The van der Waals surface area contributed by atoms with E-state index in [4.69, 9.17) is 14.2 Å². The largest absolute Gasteiger partial charge is 0.512 e. The zero-order chi connectivity index (χ0) is 24.0. The quantitative estimate of drug-likeness (QED) is 0.516. The number of rotatable bonds is 4. The molecule has 0 aliphatic carbocycles. The van der Waals surface area contributed by atoms with Gasteiger partial charge in [0.1, 0.15) is 0 Å². The molecule has 3 aromatic rings. The lowest BCUT2D eigenvalue weighted by Gasteiger charge is -2.34. The molecule has 2 heterocycles. The molecule has 0 saturated carbocycles. The maximum atomic E-state index is 13.9. The molecule has 0 fully saturated rings. The maximum Gasteiger partial charge on any atom is 0.512 e. The summed E-state index contributed by atoms with van der Waals surface area (Å²) in [7, 11) is -4.21. The predicted octanol–water partition coefficient (Wildman–Crippen LogP) is 5.16. The van der Waals surface area contributed by atoms with Gasteiger partial charge >= 0.3 is 6.16 Å². The van der Waals surface area contributed by atoms with Gasteiger partial charge in [0.25, 0.3) is 10.0 Å². The van der Waals surface area contributed by atoms with Crippen LogP contribution in [0.1, 0.15) is 36.5 Å². The van der Waals surface area contributed by atoms with E-state index in [1.54, 1.807) is 48.5 Å². The lowest BCUT2D eigenvalue weighted by molar-refractivity contribution is 0.119. The van der Waals surface area contributed by atoms with E-state index in [2.05, 4.69) is 0 Å². The summed E-state index contributed by atoms with van der Waals surface area (Å²) in [6.45, 7) is 3.93. The van der Waals surface area contributed by atoms with Crippen molar-refractivity contribution in [3.8, 4) is 11.5 Å². The molecule has 2 aliphatic rings. The number of hydrogen-bond acceptors (Lipinski definition) is 6. The van der Waals surface area contributed by atoms with Crippen molar-refractivity contribution < 1.29 is 32.5 Å². The Balaban J connectivity index is 1.88.